The summed E-state index contributed by atoms with van der Waals surface area (Å²) in [5.74, 6) is 2.56. The average molecular weight is 409 g/mol. The fourth-order valence-corrected chi connectivity index (χ4v) is 2.91. The second kappa shape index (κ2) is 10.4. The van der Waals surface area contributed by atoms with Gasteiger partial charge in [-0.05, 0) is 51.3 Å². The Morgan fingerprint density at radius 2 is 1.83 bits per heavy atom. The molecule has 8 heteroatoms. The van der Waals surface area contributed by atoms with Crippen molar-refractivity contribution in [2.75, 3.05) is 52.0 Å². The van der Waals surface area contributed by atoms with E-state index >= 15 is 0 Å². The van der Waals surface area contributed by atoms with E-state index in [9.17, 15) is 0 Å². The molecule has 2 aromatic heterocycles. The van der Waals surface area contributed by atoms with Gasteiger partial charge in [0, 0.05) is 42.3 Å². The average Bonchev–Trinajstić information content (AvgIpc) is 2.77. The first kappa shape index (κ1) is 21.3. The van der Waals surface area contributed by atoms with Gasteiger partial charge >= 0.3 is 0 Å². The van der Waals surface area contributed by atoms with Gasteiger partial charge in [0.1, 0.15) is 5.82 Å². The first-order valence-electron chi connectivity index (χ1n) is 9.76. The molecule has 0 aliphatic rings. The minimum atomic E-state index is 0.568. The van der Waals surface area contributed by atoms with Gasteiger partial charge in [-0.2, -0.15) is 4.98 Å². The molecular weight excluding hydrogens is 380 g/mol. The van der Waals surface area contributed by atoms with Crippen molar-refractivity contribution in [1.82, 2.24) is 19.9 Å². The molecule has 0 spiro atoms. The molecule has 2 heterocycles. The van der Waals surface area contributed by atoms with Crippen molar-refractivity contribution < 1.29 is 9.47 Å². The van der Waals surface area contributed by atoms with Gasteiger partial charge in [-0.1, -0.05) is 0 Å². The molecule has 0 bridgehead atoms. The Balaban J connectivity index is 1.86. The van der Waals surface area contributed by atoms with Gasteiger partial charge in [-0.15, -0.1) is 0 Å². The van der Waals surface area contributed by atoms with Crippen LogP contribution in [0.5, 0.6) is 11.5 Å². The van der Waals surface area contributed by atoms with E-state index in [0.717, 1.165) is 36.5 Å². The summed E-state index contributed by atoms with van der Waals surface area (Å²) < 4.78 is 10.7. The molecule has 3 aromatic rings. The number of pyridine rings is 1. The fraction of sp³-hybridized carbons (Fsp3) is 0.318. The van der Waals surface area contributed by atoms with E-state index in [0.29, 0.717) is 23.3 Å². The third-order valence-electron chi connectivity index (χ3n) is 4.40. The molecular formula is C22H28N6O2. The summed E-state index contributed by atoms with van der Waals surface area (Å²) in [4.78, 5) is 15.6. The maximum absolute atomic E-state index is 5.39. The van der Waals surface area contributed by atoms with E-state index in [1.165, 1.54) is 0 Å². The van der Waals surface area contributed by atoms with Crippen LogP contribution in [0.25, 0.3) is 11.3 Å². The van der Waals surface area contributed by atoms with Gasteiger partial charge in [0.25, 0.3) is 0 Å². The molecule has 0 unspecified atom stereocenters. The second-order valence-electron chi connectivity index (χ2n) is 6.98. The number of anilines is 3. The molecule has 0 saturated carbocycles. The maximum atomic E-state index is 5.39. The largest absolute Gasteiger partial charge is 0.493 e. The van der Waals surface area contributed by atoms with Gasteiger partial charge in [0.2, 0.25) is 5.95 Å². The zero-order chi connectivity index (χ0) is 21.3. The molecule has 0 radical (unpaired) electrons. The summed E-state index contributed by atoms with van der Waals surface area (Å²) in [5.41, 5.74) is 2.55. The second-order valence-corrected chi connectivity index (χ2v) is 6.98. The Kier molecular flexibility index (Phi) is 7.40. The van der Waals surface area contributed by atoms with E-state index in [4.69, 9.17) is 9.47 Å². The van der Waals surface area contributed by atoms with Crippen LogP contribution >= 0.6 is 0 Å². The molecule has 1 aromatic carbocycles. The molecule has 30 heavy (non-hydrogen) atoms. The number of nitrogens with zero attached hydrogens (tertiary/aromatic N) is 4. The van der Waals surface area contributed by atoms with E-state index in [-0.39, 0.29) is 0 Å². The summed E-state index contributed by atoms with van der Waals surface area (Å²) >= 11 is 0. The van der Waals surface area contributed by atoms with Crippen LogP contribution in [0.2, 0.25) is 0 Å². The van der Waals surface area contributed by atoms with Gasteiger partial charge in [-0.25, -0.2) is 4.98 Å². The third-order valence-corrected chi connectivity index (χ3v) is 4.40. The topological polar surface area (TPSA) is 84.4 Å². The van der Waals surface area contributed by atoms with Crippen molar-refractivity contribution >= 4 is 17.5 Å². The van der Waals surface area contributed by atoms with Gasteiger partial charge in [-0.3, -0.25) is 4.98 Å². The number of hydrogen-bond donors (Lipinski definition) is 2. The number of hydrogen-bond acceptors (Lipinski definition) is 8. The highest BCUT2D eigenvalue weighted by atomic mass is 16.5. The fourth-order valence-electron chi connectivity index (χ4n) is 2.91. The van der Waals surface area contributed by atoms with Gasteiger partial charge in [0.15, 0.2) is 11.5 Å². The quantitative estimate of drug-likeness (QED) is 0.492. The number of ether oxygens (including phenoxy) is 2. The first-order valence-corrected chi connectivity index (χ1v) is 9.76. The molecule has 0 atom stereocenters. The normalized spacial score (nSPS) is 10.7. The van der Waals surface area contributed by atoms with Crippen molar-refractivity contribution in [2.45, 2.75) is 6.42 Å². The highest BCUT2D eigenvalue weighted by Gasteiger charge is 2.10. The minimum absolute atomic E-state index is 0.568. The number of nitrogens with one attached hydrogen (secondary N) is 2. The number of methoxy groups -OCH3 is 2. The first-order chi connectivity index (χ1) is 14.6. The lowest BCUT2D eigenvalue weighted by atomic mass is 10.2. The van der Waals surface area contributed by atoms with Crippen LogP contribution in [-0.2, 0) is 0 Å². The zero-order valence-electron chi connectivity index (χ0n) is 17.8. The zero-order valence-corrected chi connectivity index (χ0v) is 17.8. The molecule has 3 rings (SSSR count). The molecule has 8 nitrogen and oxygen atoms in total. The van der Waals surface area contributed by atoms with Crippen LogP contribution in [0.4, 0.5) is 17.5 Å². The Morgan fingerprint density at radius 1 is 1.00 bits per heavy atom. The van der Waals surface area contributed by atoms with Crippen molar-refractivity contribution in [3.05, 3.63) is 48.8 Å². The van der Waals surface area contributed by atoms with Crippen molar-refractivity contribution in [3.63, 3.8) is 0 Å². The Hall–Kier alpha value is -3.39. The molecule has 0 fully saturated rings. The van der Waals surface area contributed by atoms with Crippen LogP contribution in [0.15, 0.2) is 48.8 Å². The Morgan fingerprint density at radius 3 is 2.53 bits per heavy atom. The van der Waals surface area contributed by atoms with E-state index in [1.807, 2.05) is 36.4 Å². The third kappa shape index (κ3) is 5.81. The Labute approximate surface area is 177 Å². The molecule has 2 N–H and O–H groups in total. The molecule has 0 aliphatic heterocycles. The summed E-state index contributed by atoms with van der Waals surface area (Å²) in [6.45, 7) is 1.77. The smallest absolute Gasteiger partial charge is 0.225 e. The predicted octanol–water partition coefficient (Wildman–Crippen LogP) is 3.66. The van der Waals surface area contributed by atoms with Gasteiger partial charge < -0.3 is 25.0 Å². The SMILES string of the molecule is COc1ccc(Nc2cc(-c3cccnc3)nc(NCCCN(C)C)n2)cc1OC. The highest BCUT2D eigenvalue weighted by molar-refractivity contribution is 5.68. The van der Waals surface area contributed by atoms with Crippen LogP contribution < -0.4 is 20.1 Å². The molecule has 0 amide bonds. The number of benzene rings is 1. The highest BCUT2D eigenvalue weighted by Crippen LogP contribution is 2.31. The monoisotopic (exact) mass is 408 g/mol. The summed E-state index contributed by atoms with van der Waals surface area (Å²) in [7, 11) is 7.35. The minimum Gasteiger partial charge on any atom is -0.493 e. The van der Waals surface area contributed by atoms with Crippen molar-refractivity contribution in [2.24, 2.45) is 0 Å². The Bertz CT molecular complexity index is 950. The summed E-state index contributed by atoms with van der Waals surface area (Å²) in [6.07, 6.45) is 4.53. The number of rotatable bonds is 10. The molecule has 0 saturated heterocycles. The number of aromatic nitrogens is 3. The lowest BCUT2D eigenvalue weighted by Crippen LogP contribution is -2.17. The summed E-state index contributed by atoms with van der Waals surface area (Å²) in [6, 6.07) is 11.4. The standard InChI is InChI=1S/C22H28N6O2/c1-28(2)12-6-11-24-22-26-18(16-7-5-10-23-15-16)14-21(27-22)25-17-8-9-19(29-3)20(13-17)30-4/h5,7-10,13-15H,6,11-12H2,1-4H3,(H2,24,25,26,27). The van der Waals surface area contributed by atoms with Crippen LogP contribution in [0, 0.1) is 0 Å². The predicted molar refractivity (Wildman–Crippen MR) is 120 cm³/mol. The lowest BCUT2D eigenvalue weighted by Gasteiger charge is -2.14. The van der Waals surface area contributed by atoms with Crippen LogP contribution in [-0.4, -0.2) is 61.3 Å². The van der Waals surface area contributed by atoms with Crippen molar-refractivity contribution in [3.8, 4) is 22.8 Å². The van der Waals surface area contributed by atoms with Crippen molar-refractivity contribution in [1.29, 1.82) is 0 Å². The van der Waals surface area contributed by atoms with Crippen LogP contribution in [0.1, 0.15) is 6.42 Å². The van der Waals surface area contributed by atoms with E-state index in [1.54, 1.807) is 26.6 Å². The van der Waals surface area contributed by atoms with Crippen LogP contribution in [0.3, 0.4) is 0 Å². The van der Waals surface area contributed by atoms with E-state index < -0.39 is 0 Å². The maximum Gasteiger partial charge on any atom is 0.225 e. The summed E-state index contributed by atoms with van der Waals surface area (Å²) in [5, 5.41) is 6.66. The molecule has 158 valence electrons. The lowest BCUT2D eigenvalue weighted by molar-refractivity contribution is 0.355. The van der Waals surface area contributed by atoms with Gasteiger partial charge in [0.05, 0.1) is 19.9 Å². The molecule has 0 aliphatic carbocycles. The van der Waals surface area contributed by atoms with E-state index in [2.05, 4.69) is 44.6 Å².